The van der Waals surface area contributed by atoms with Gasteiger partial charge in [-0.2, -0.15) is 0 Å². The van der Waals surface area contributed by atoms with Crippen LogP contribution in [0.5, 0.6) is 5.75 Å². The van der Waals surface area contributed by atoms with Crippen LogP contribution in [0.15, 0.2) is 46.9 Å². The van der Waals surface area contributed by atoms with Crippen molar-refractivity contribution in [3.8, 4) is 17.2 Å². The van der Waals surface area contributed by atoms with Crippen molar-refractivity contribution in [2.75, 3.05) is 7.11 Å². The second-order valence-corrected chi connectivity index (χ2v) is 5.70. The van der Waals surface area contributed by atoms with Gasteiger partial charge in [-0.3, -0.25) is 0 Å². The fourth-order valence-electron chi connectivity index (χ4n) is 2.18. The summed E-state index contributed by atoms with van der Waals surface area (Å²) in [5.74, 6) is 0.666. The van der Waals surface area contributed by atoms with Crippen molar-refractivity contribution in [2.24, 2.45) is 0 Å². The Kier molecular flexibility index (Phi) is 5.00. The first-order valence-electron chi connectivity index (χ1n) is 7.47. The van der Waals surface area contributed by atoms with Crippen LogP contribution < -0.4 is 4.74 Å². The van der Waals surface area contributed by atoms with Crippen molar-refractivity contribution in [3.63, 3.8) is 0 Å². The van der Waals surface area contributed by atoms with Gasteiger partial charge in [0.25, 0.3) is 5.89 Å². The average Bonchev–Trinajstić information content (AvgIpc) is 3.09. The van der Waals surface area contributed by atoms with E-state index in [-0.39, 0.29) is 12.5 Å². The van der Waals surface area contributed by atoms with Gasteiger partial charge in [-0.25, -0.2) is 4.79 Å². The molecule has 3 aromatic rings. The fraction of sp³-hybridized carbons (Fsp3) is 0.167. The first-order valence-corrected chi connectivity index (χ1v) is 7.84. The number of aromatic nitrogens is 2. The van der Waals surface area contributed by atoms with E-state index < -0.39 is 5.97 Å². The normalized spacial score (nSPS) is 10.5. The zero-order chi connectivity index (χ0) is 17.8. The highest BCUT2D eigenvalue weighted by molar-refractivity contribution is 6.30. The van der Waals surface area contributed by atoms with Crippen LogP contribution in [0, 0.1) is 6.92 Å². The Morgan fingerprint density at radius 1 is 1.16 bits per heavy atom. The quantitative estimate of drug-likeness (QED) is 0.640. The molecule has 0 aliphatic rings. The molecule has 0 aliphatic carbocycles. The molecule has 1 heterocycles. The number of hydrogen-bond donors (Lipinski definition) is 0. The molecule has 0 bridgehead atoms. The lowest BCUT2D eigenvalue weighted by Crippen LogP contribution is -2.06. The Morgan fingerprint density at radius 3 is 2.64 bits per heavy atom. The number of rotatable bonds is 5. The molecule has 0 unspecified atom stereocenters. The zero-order valence-corrected chi connectivity index (χ0v) is 14.4. The third kappa shape index (κ3) is 3.97. The predicted molar refractivity (Wildman–Crippen MR) is 91.6 cm³/mol. The third-order valence-corrected chi connectivity index (χ3v) is 3.78. The van der Waals surface area contributed by atoms with Crippen LogP contribution in [0.25, 0.3) is 11.5 Å². The van der Waals surface area contributed by atoms with Crippen LogP contribution in [0.2, 0.25) is 5.02 Å². The molecular formula is C18H15ClN2O4. The number of carbonyl (C=O) groups is 1. The Balaban J connectivity index is 1.66. The van der Waals surface area contributed by atoms with E-state index in [0.29, 0.717) is 22.2 Å². The maximum Gasteiger partial charge on any atom is 0.338 e. The first kappa shape index (κ1) is 17.0. The average molecular weight is 359 g/mol. The van der Waals surface area contributed by atoms with Crippen LogP contribution in [-0.2, 0) is 11.3 Å². The topological polar surface area (TPSA) is 74.5 Å². The summed E-state index contributed by atoms with van der Waals surface area (Å²) in [5.41, 5.74) is 2.06. The summed E-state index contributed by atoms with van der Waals surface area (Å²) < 4.78 is 15.9. The van der Waals surface area contributed by atoms with E-state index in [2.05, 4.69) is 10.2 Å². The molecule has 0 saturated heterocycles. The molecule has 1 aromatic heterocycles. The maximum absolute atomic E-state index is 12.1. The summed E-state index contributed by atoms with van der Waals surface area (Å²) >= 11 is 5.85. The molecule has 2 aromatic carbocycles. The Labute approximate surface area is 149 Å². The third-order valence-electron chi connectivity index (χ3n) is 3.53. The van der Waals surface area contributed by atoms with Gasteiger partial charge < -0.3 is 13.9 Å². The molecule has 128 valence electrons. The predicted octanol–water partition coefficient (Wildman–Crippen LogP) is 4.06. The molecule has 3 rings (SSSR count). The largest absolute Gasteiger partial charge is 0.496 e. The molecule has 0 aliphatic heterocycles. The van der Waals surface area contributed by atoms with Crippen molar-refractivity contribution >= 4 is 17.6 Å². The maximum atomic E-state index is 12.1. The molecule has 25 heavy (non-hydrogen) atoms. The van der Waals surface area contributed by atoms with Gasteiger partial charge in [-0.15, -0.1) is 10.2 Å². The van der Waals surface area contributed by atoms with Crippen molar-refractivity contribution in [1.29, 1.82) is 0 Å². The highest BCUT2D eigenvalue weighted by atomic mass is 35.5. The Morgan fingerprint density at radius 2 is 1.92 bits per heavy atom. The van der Waals surface area contributed by atoms with Crippen LogP contribution in [-0.4, -0.2) is 23.3 Å². The summed E-state index contributed by atoms with van der Waals surface area (Å²) in [6.07, 6.45) is 0. The van der Waals surface area contributed by atoms with E-state index in [0.717, 1.165) is 11.1 Å². The van der Waals surface area contributed by atoms with Gasteiger partial charge in [0, 0.05) is 10.6 Å². The van der Waals surface area contributed by atoms with E-state index >= 15 is 0 Å². The van der Waals surface area contributed by atoms with Crippen molar-refractivity contribution in [1.82, 2.24) is 10.2 Å². The first-order chi connectivity index (χ1) is 12.1. The number of methoxy groups -OCH3 is 1. The number of benzene rings is 2. The molecule has 0 fully saturated rings. The summed E-state index contributed by atoms with van der Waals surface area (Å²) in [6.45, 7) is 1.78. The smallest absolute Gasteiger partial charge is 0.338 e. The summed E-state index contributed by atoms with van der Waals surface area (Å²) in [6, 6.07) is 12.1. The molecule has 7 heteroatoms. The number of carbonyl (C=O) groups excluding carboxylic acids is 1. The molecule has 0 atom stereocenters. The van der Waals surface area contributed by atoms with Gasteiger partial charge in [0.2, 0.25) is 5.89 Å². The van der Waals surface area contributed by atoms with E-state index in [9.17, 15) is 4.79 Å². The SMILES string of the molecule is COc1cc(C(=O)OCc2nnc(-c3ccc(Cl)cc3)o2)ccc1C. The van der Waals surface area contributed by atoms with E-state index in [1.54, 1.807) is 49.6 Å². The van der Waals surface area contributed by atoms with Gasteiger partial charge in [0.05, 0.1) is 12.7 Å². The molecule has 0 N–H and O–H groups in total. The minimum atomic E-state index is -0.496. The highest BCUT2D eigenvalue weighted by Crippen LogP contribution is 2.22. The minimum Gasteiger partial charge on any atom is -0.496 e. The standard InChI is InChI=1S/C18H15ClN2O4/c1-11-3-4-13(9-15(11)23-2)18(22)24-10-16-20-21-17(25-16)12-5-7-14(19)8-6-12/h3-9H,10H2,1-2H3. The Hall–Kier alpha value is -2.86. The molecule has 0 spiro atoms. The number of hydrogen-bond acceptors (Lipinski definition) is 6. The fourth-order valence-corrected chi connectivity index (χ4v) is 2.30. The molecule has 0 radical (unpaired) electrons. The molecule has 0 saturated carbocycles. The van der Waals surface area contributed by atoms with Gasteiger partial charge in [0.15, 0.2) is 6.61 Å². The Bertz CT molecular complexity index is 890. The lowest BCUT2D eigenvalue weighted by Gasteiger charge is -2.07. The van der Waals surface area contributed by atoms with Crippen molar-refractivity contribution < 1.29 is 18.7 Å². The van der Waals surface area contributed by atoms with Gasteiger partial charge >= 0.3 is 5.97 Å². The monoisotopic (exact) mass is 358 g/mol. The van der Waals surface area contributed by atoms with Crippen LogP contribution in [0.1, 0.15) is 21.8 Å². The van der Waals surface area contributed by atoms with Gasteiger partial charge in [-0.1, -0.05) is 17.7 Å². The van der Waals surface area contributed by atoms with Crippen LogP contribution in [0.4, 0.5) is 0 Å². The summed E-state index contributed by atoms with van der Waals surface area (Å²) in [5, 5.41) is 8.43. The van der Waals surface area contributed by atoms with Gasteiger partial charge in [-0.05, 0) is 48.9 Å². The second kappa shape index (κ2) is 7.36. The lowest BCUT2D eigenvalue weighted by molar-refractivity contribution is 0.0438. The van der Waals surface area contributed by atoms with Crippen LogP contribution in [0.3, 0.4) is 0 Å². The molecule has 0 amide bonds. The number of esters is 1. The van der Waals surface area contributed by atoms with E-state index in [1.807, 2.05) is 6.92 Å². The highest BCUT2D eigenvalue weighted by Gasteiger charge is 2.13. The second-order valence-electron chi connectivity index (χ2n) is 5.27. The summed E-state index contributed by atoms with van der Waals surface area (Å²) in [7, 11) is 1.55. The number of aryl methyl sites for hydroxylation is 1. The van der Waals surface area contributed by atoms with Crippen LogP contribution >= 0.6 is 11.6 Å². The lowest BCUT2D eigenvalue weighted by atomic mass is 10.1. The minimum absolute atomic E-state index is 0.115. The van der Waals surface area contributed by atoms with Gasteiger partial charge in [0.1, 0.15) is 5.75 Å². The van der Waals surface area contributed by atoms with E-state index in [1.165, 1.54) is 0 Å². The van der Waals surface area contributed by atoms with Crippen molar-refractivity contribution in [3.05, 3.63) is 64.5 Å². The van der Waals surface area contributed by atoms with Crippen molar-refractivity contribution in [2.45, 2.75) is 13.5 Å². The number of ether oxygens (including phenoxy) is 2. The summed E-state index contributed by atoms with van der Waals surface area (Å²) in [4.78, 5) is 12.1. The number of nitrogens with zero attached hydrogens (tertiary/aromatic N) is 2. The zero-order valence-electron chi connectivity index (χ0n) is 13.7. The molecular weight excluding hydrogens is 344 g/mol. The number of halogens is 1. The van der Waals surface area contributed by atoms with E-state index in [4.69, 9.17) is 25.5 Å². The molecule has 6 nitrogen and oxygen atoms in total.